The third-order valence-electron chi connectivity index (χ3n) is 2.02. The van der Waals surface area contributed by atoms with Crippen molar-refractivity contribution in [3.05, 3.63) is 34.9 Å². The van der Waals surface area contributed by atoms with Gasteiger partial charge in [-0.05, 0) is 24.1 Å². The van der Waals surface area contributed by atoms with E-state index in [-0.39, 0.29) is 18.1 Å². The first-order valence-electron chi connectivity index (χ1n) is 4.68. The molecule has 0 saturated heterocycles. The summed E-state index contributed by atoms with van der Waals surface area (Å²) in [6.45, 7) is 0.178. The zero-order valence-electron chi connectivity index (χ0n) is 8.32. The molecule has 15 heavy (non-hydrogen) atoms. The van der Waals surface area contributed by atoms with Crippen molar-refractivity contribution in [3.63, 3.8) is 0 Å². The minimum atomic E-state index is -3.01. The van der Waals surface area contributed by atoms with Gasteiger partial charge in [-0.2, -0.15) is 0 Å². The first kappa shape index (κ1) is 12.5. The van der Waals surface area contributed by atoms with Crippen LogP contribution >= 0.6 is 11.6 Å². The fourth-order valence-electron chi connectivity index (χ4n) is 1.25. The molecule has 0 aliphatic heterocycles. The van der Waals surface area contributed by atoms with Gasteiger partial charge in [0.25, 0.3) is 0 Å². The van der Waals surface area contributed by atoms with Crippen LogP contribution in [0.2, 0.25) is 5.02 Å². The molecule has 0 aliphatic carbocycles. The number of aryl methyl sites for hydroxylation is 1. The van der Waals surface area contributed by atoms with Crippen LogP contribution < -0.4 is 5.73 Å². The van der Waals surface area contributed by atoms with E-state index in [1.807, 2.05) is 12.1 Å². The Kier molecular flexibility index (Phi) is 4.57. The molecule has 5 heteroatoms. The van der Waals surface area contributed by atoms with Gasteiger partial charge in [0.05, 0.1) is 11.5 Å². The lowest BCUT2D eigenvalue weighted by molar-refractivity contribution is 0.595. The van der Waals surface area contributed by atoms with Gasteiger partial charge in [0.15, 0.2) is 9.84 Å². The summed E-state index contributed by atoms with van der Waals surface area (Å²) in [4.78, 5) is 0. The lowest BCUT2D eigenvalue weighted by Crippen LogP contribution is -2.19. The molecule has 0 aliphatic rings. The molecule has 0 amide bonds. The van der Waals surface area contributed by atoms with Crippen molar-refractivity contribution in [2.45, 2.75) is 6.42 Å². The van der Waals surface area contributed by atoms with Crippen LogP contribution in [-0.4, -0.2) is 26.5 Å². The minimum absolute atomic E-state index is 0.0492. The van der Waals surface area contributed by atoms with E-state index in [2.05, 4.69) is 0 Å². The van der Waals surface area contributed by atoms with Crippen LogP contribution in [0.1, 0.15) is 5.56 Å². The van der Waals surface area contributed by atoms with Gasteiger partial charge in [-0.15, -0.1) is 0 Å². The van der Waals surface area contributed by atoms with E-state index < -0.39 is 9.84 Å². The summed E-state index contributed by atoms with van der Waals surface area (Å²) in [5.41, 5.74) is 6.14. The molecule has 0 unspecified atom stereocenters. The Bertz CT molecular complexity index is 417. The molecule has 1 rings (SSSR count). The summed E-state index contributed by atoms with van der Waals surface area (Å²) in [6.07, 6.45) is 0.489. The first-order chi connectivity index (χ1) is 7.03. The van der Waals surface area contributed by atoms with Gasteiger partial charge in [-0.3, -0.25) is 0 Å². The van der Waals surface area contributed by atoms with Crippen LogP contribution in [0.15, 0.2) is 24.3 Å². The second kappa shape index (κ2) is 5.49. The third kappa shape index (κ3) is 4.64. The Morgan fingerprint density at radius 3 is 2.60 bits per heavy atom. The third-order valence-corrected chi connectivity index (χ3v) is 3.94. The van der Waals surface area contributed by atoms with Crippen LogP contribution in [0.3, 0.4) is 0 Å². The Labute approximate surface area is 95.2 Å². The molecular formula is C10H14ClNO2S. The fraction of sp³-hybridized carbons (Fsp3) is 0.400. The highest BCUT2D eigenvalue weighted by Crippen LogP contribution is 2.11. The maximum absolute atomic E-state index is 11.4. The topological polar surface area (TPSA) is 60.2 Å². The highest BCUT2D eigenvalue weighted by atomic mass is 35.5. The van der Waals surface area contributed by atoms with E-state index in [0.717, 1.165) is 5.56 Å². The number of hydrogen-bond acceptors (Lipinski definition) is 3. The highest BCUT2D eigenvalue weighted by molar-refractivity contribution is 7.91. The summed E-state index contributed by atoms with van der Waals surface area (Å²) in [6, 6.07) is 7.22. The molecule has 0 atom stereocenters. The van der Waals surface area contributed by atoms with Crippen LogP contribution in [0.4, 0.5) is 0 Å². The lowest BCUT2D eigenvalue weighted by Gasteiger charge is -2.03. The van der Waals surface area contributed by atoms with Gasteiger partial charge in [-0.25, -0.2) is 8.42 Å². The SMILES string of the molecule is NCCS(=O)(=O)CCc1cccc(Cl)c1. The van der Waals surface area contributed by atoms with Gasteiger partial charge in [0, 0.05) is 11.6 Å². The van der Waals surface area contributed by atoms with E-state index in [4.69, 9.17) is 17.3 Å². The molecule has 0 bridgehead atoms. The summed E-state index contributed by atoms with van der Waals surface area (Å²) in [5.74, 6) is 0.179. The molecule has 1 aromatic carbocycles. The van der Waals surface area contributed by atoms with Crippen LogP contribution in [0, 0.1) is 0 Å². The summed E-state index contributed by atoms with van der Waals surface area (Å²) in [5, 5.41) is 0.628. The smallest absolute Gasteiger partial charge is 0.151 e. The fourth-order valence-corrected chi connectivity index (χ4v) is 2.57. The number of nitrogens with two attached hydrogens (primary N) is 1. The Morgan fingerprint density at radius 2 is 2.00 bits per heavy atom. The first-order valence-corrected chi connectivity index (χ1v) is 6.88. The Balaban J connectivity index is 2.58. The maximum Gasteiger partial charge on any atom is 0.151 e. The van der Waals surface area contributed by atoms with Crippen molar-refractivity contribution in [3.8, 4) is 0 Å². The van der Waals surface area contributed by atoms with Crippen molar-refractivity contribution in [2.24, 2.45) is 5.73 Å². The van der Waals surface area contributed by atoms with Crippen molar-refractivity contribution in [1.29, 1.82) is 0 Å². The van der Waals surface area contributed by atoms with E-state index in [1.54, 1.807) is 12.1 Å². The normalized spacial score (nSPS) is 11.6. The molecule has 3 nitrogen and oxygen atoms in total. The van der Waals surface area contributed by atoms with E-state index in [9.17, 15) is 8.42 Å². The van der Waals surface area contributed by atoms with Gasteiger partial charge in [-0.1, -0.05) is 23.7 Å². The van der Waals surface area contributed by atoms with Crippen LogP contribution in [0.25, 0.3) is 0 Å². The van der Waals surface area contributed by atoms with Gasteiger partial charge in [0.1, 0.15) is 0 Å². The molecule has 1 aromatic rings. The van der Waals surface area contributed by atoms with Crippen LogP contribution in [-0.2, 0) is 16.3 Å². The number of halogens is 1. The summed E-state index contributed by atoms with van der Waals surface area (Å²) < 4.78 is 22.8. The van der Waals surface area contributed by atoms with Crippen molar-refractivity contribution >= 4 is 21.4 Å². The largest absolute Gasteiger partial charge is 0.329 e. The Morgan fingerprint density at radius 1 is 1.27 bits per heavy atom. The molecule has 0 fully saturated rings. The van der Waals surface area contributed by atoms with Crippen molar-refractivity contribution in [1.82, 2.24) is 0 Å². The van der Waals surface area contributed by atoms with Gasteiger partial charge < -0.3 is 5.73 Å². The predicted octanol–water partition coefficient (Wildman–Crippen LogP) is 1.26. The molecule has 0 radical (unpaired) electrons. The lowest BCUT2D eigenvalue weighted by atomic mass is 10.2. The number of benzene rings is 1. The van der Waals surface area contributed by atoms with E-state index in [1.165, 1.54) is 0 Å². The highest BCUT2D eigenvalue weighted by Gasteiger charge is 2.09. The van der Waals surface area contributed by atoms with Gasteiger partial charge >= 0.3 is 0 Å². The zero-order valence-corrected chi connectivity index (χ0v) is 9.89. The molecule has 0 saturated carbocycles. The quantitative estimate of drug-likeness (QED) is 0.852. The average Bonchev–Trinajstić information content (AvgIpc) is 2.15. The summed E-state index contributed by atoms with van der Waals surface area (Å²) in [7, 11) is -3.01. The predicted molar refractivity (Wildman–Crippen MR) is 62.9 cm³/mol. The van der Waals surface area contributed by atoms with Crippen molar-refractivity contribution in [2.75, 3.05) is 18.1 Å². The average molecular weight is 248 g/mol. The standard InChI is InChI=1S/C10H14ClNO2S/c11-10-3-1-2-9(8-10)4-6-15(13,14)7-5-12/h1-3,8H,4-7,12H2. The molecule has 84 valence electrons. The second-order valence-corrected chi connectivity index (χ2v) is 6.06. The zero-order chi connectivity index (χ0) is 11.3. The van der Waals surface area contributed by atoms with E-state index >= 15 is 0 Å². The minimum Gasteiger partial charge on any atom is -0.329 e. The maximum atomic E-state index is 11.4. The number of rotatable bonds is 5. The molecule has 2 N–H and O–H groups in total. The van der Waals surface area contributed by atoms with E-state index in [0.29, 0.717) is 11.4 Å². The molecule has 0 spiro atoms. The number of hydrogen-bond donors (Lipinski definition) is 1. The van der Waals surface area contributed by atoms with Gasteiger partial charge in [0.2, 0.25) is 0 Å². The molecule has 0 heterocycles. The van der Waals surface area contributed by atoms with Crippen LogP contribution in [0.5, 0.6) is 0 Å². The molecule has 0 aromatic heterocycles. The monoisotopic (exact) mass is 247 g/mol. The number of sulfone groups is 1. The van der Waals surface area contributed by atoms with Crippen molar-refractivity contribution < 1.29 is 8.42 Å². The summed E-state index contributed by atoms with van der Waals surface area (Å²) >= 11 is 5.79. The Hall–Kier alpha value is -0.580. The molecular weight excluding hydrogens is 234 g/mol. The second-order valence-electron chi connectivity index (χ2n) is 3.32.